The highest BCUT2D eigenvalue weighted by Gasteiger charge is 2.21. The number of carbonyl (C=O) groups excluding carboxylic acids is 1. The second-order valence-electron chi connectivity index (χ2n) is 6.57. The lowest BCUT2D eigenvalue weighted by atomic mass is 10.0. The second-order valence-corrected chi connectivity index (χ2v) is 7.55. The third-order valence-corrected chi connectivity index (χ3v) is 5.45. The Morgan fingerprint density at radius 3 is 2.39 bits per heavy atom. The Bertz CT molecular complexity index is 891. The van der Waals surface area contributed by atoms with Crippen LogP contribution >= 0.6 is 11.3 Å². The highest BCUT2D eigenvalue weighted by Crippen LogP contribution is 2.23. The number of carbonyl (C=O) groups is 1. The summed E-state index contributed by atoms with van der Waals surface area (Å²) in [7, 11) is 0. The largest absolute Gasteiger partial charge is 0.328 e. The highest BCUT2D eigenvalue weighted by molar-refractivity contribution is 7.10. The Balaban J connectivity index is 1.71. The third kappa shape index (κ3) is 5.03. The number of hydrogen-bond acceptors (Lipinski definition) is 2. The number of nitrogens with two attached hydrogens (primary N) is 1. The summed E-state index contributed by atoms with van der Waals surface area (Å²) in [5.41, 5.74) is 1.97. The molecule has 1 aromatic heterocycles. The number of rotatable bonds is 8. The van der Waals surface area contributed by atoms with E-state index in [2.05, 4.69) is 36.5 Å². The molecule has 6 heteroatoms. The van der Waals surface area contributed by atoms with Gasteiger partial charge in [-0.15, -0.1) is 11.3 Å². The van der Waals surface area contributed by atoms with Crippen molar-refractivity contribution >= 4 is 22.9 Å². The predicted octanol–water partition coefficient (Wildman–Crippen LogP) is 4.27. The summed E-state index contributed by atoms with van der Waals surface area (Å²) in [4.78, 5) is 13.4. The van der Waals surface area contributed by atoms with Crippen molar-refractivity contribution in [3.8, 4) is 0 Å². The molecule has 3 rings (SSSR count). The minimum atomic E-state index is -0.783. The van der Waals surface area contributed by atoms with Gasteiger partial charge < -0.3 is 10.6 Å². The van der Waals surface area contributed by atoms with E-state index in [-0.39, 0.29) is 12.6 Å². The van der Waals surface area contributed by atoms with Crippen LogP contribution in [0.5, 0.6) is 0 Å². The molecule has 0 radical (unpaired) electrons. The van der Waals surface area contributed by atoms with E-state index in [0.717, 1.165) is 35.4 Å². The molecular weight excluding hydrogens is 378 g/mol. The molecule has 2 aromatic carbocycles. The van der Waals surface area contributed by atoms with Crippen molar-refractivity contribution < 1.29 is 18.9 Å². The molecule has 0 aliphatic heterocycles. The number of aryl methyl sites for hydroxylation is 1. The predicted molar refractivity (Wildman–Crippen MR) is 108 cm³/mol. The van der Waals surface area contributed by atoms with E-state index in [4.69, 9.17) is 0 Å². The molecule has 1 atom stereocenters. The van der Waals surface area contributed by atoms with Crippen molar-refractivity contribution in [2.45, 2.75) is 25.8 Å². The van der Waals surface area contributed by atoms with Gasteiger partial charge in [-0.25, -0.2) is 8.78 Å². The third-order valence-electron chi connectivity index (χ3n) is 4.49. The molecule has 146 valence electrons. The molecule has 0 spiro atoms. The molecule has 1 heterocycles. The van der Waals surface area contributed by atoms with E-state index < -0.39 is 23.2 Å². The average molecular weight is 402 g/mol. The van der Waals surface area contributed by atoms with Crippen molar-refractivity contribution in [2.24, 2.45) is 0 Å². The number of benzene rings is 2. The number of nitrogens with one attached hydrogen (secondary N) is 1. The molecular formula is C22H23F2N2OS+. The Hall–Kier alpha value is -2.57. The van der Waals surface area contributed by atoms with Gasteiger partial charge in [-0.2, -0.15) is 0 Å². The van der Waals surface area contributed by atoms with Crippen molar-refractivity contribution in [1.82, 2.24) is 0 Å². The van der Waals surface area contributed by atoms with Crippen LogP contribution in [0.25, 0.3) is 0 Å². The smallest absolute Gasteiger partial charge is 0.279 e. The van der Waals surface area contributed by atoms with E-state index in [1.165, 1.54) is 11.6 Å². The number of anilines is 1. The number of hydrogen-bond donors (Lipinski definition) is 2. The Morgan fingerprint density at radius 2 is 1.79 bits per heavy atom. The van der Waals surface area contributed by atoms with E-state index >= 15 is 0 Å². The molecule has 0 aliphatic rings. The first-order chi connectivity index (χ1) is 13.6. The van der Waals surface area contributed by atoms with E-state index in [1.807, 2.05) is 22.8 Å². The Labute approximate surface area is 167 Å². The summed E-state index contributed by atoms with van der Waals surface area (Å²) < 4.78 is 27.5. The van der Waals surface area contributed by atoms with Gasteiger partial charge in [0.1, 0.15) is 23.4 Å². The lowest BCUT2D eigenvalue weighted by molar-refractivity contribution is -0.675. The van der Waals surface area contributed by atoms with Crippen molar-refractivity contribution in [1.29, 1.82) is 0 Å². The molecule has 0 unspecified atom stereocenters. The van der Waals surface area contributed by atoms with E-state index in [9.17, 15) is 13.6 Å². The van der Waals surface area contributed by atoms with Crippen LogP contribution in [-0.2, 0) is 11.2 Å². The number of amides is 1. The number of para-hydroxylation sites is 1. The van der Waals surface area contributed by atoms with Crippen molar-refractivity contribution in [3.05, 3.63) is 87.6 Å². The lowest BCUT2D eigenvalue weighted by Gasteiger charge is -2.15. The van der Waals surface area contributed by atoms with Gasteiger partial charge >= 0.3 is 0 Å². The maximum absolute atomic E-state index is 13.7. The Kier molecular flexibility index (Phi) is 6.90. The zero-order valence-corrected chi connectivity index (χ0v) is 16.4. The standard InChI is InChI=1S/C22H22F2N2OS/c1-2-5-15-9-11-16(12-10-15)21(19-8-4-13-28-19)25-14-20(27)26-22-17(23)6-3-7-18(22)24/h3-4,6-13,21,25H,2,5,14H2,1H3,(H,26,27)/p+1/t21-/m1/s1. The van der Waals surface area contributed by atoms with Gasteiger partial charge in [-0.3, -0.25) is 4.79 Å². The molecule has 1 amide bonds. The number of quaternary nitrogens is 1. The quantitative estimate of drug-likeness (QED) is 0.582. The van der Waals surface area contributed by atoms with Crippen molar-refractivity contribution in [2.75, 3.05) is 11.9 Å². The fourth-order valence-electron chi connectivity index (χ4n) is 3.10. The molecule has 0 saturated carbocycles. The molecule has 3 nitrogen and oxygen atoms in total. The number of halogens is 2. The van der Waals surface area contributed by atoms with Crippen LogP contribution in [0.1, 0.15) is 35.4 Å². The van der Waals surface area contributed by atoms with Crippen LogP contribution < -0.4 is 10.6 Å². The maximum atomic E-state index is 13.7. The summed E-state index contributed by atoms with van der Waals surface area (Å²) in [6, 6.07) is 15.9. The van der Waals surface area contributed by atoms with Crippen LogP contribution in [-0.4, -0.2) is 12.5 Å². The summed E-state index contributed by atoms with van der Waals surface area (Å²) in [5.74, 6) is -2.02. The van der Waals surface area contributed by atoms with Crippen molar-refractivity contribution in [3.63, 3.8) is 0 Å². The fraction of sp³-hybridized carbons (Fsp3) is 0.227. The average Bonchev–Trinajstić information content (AvgIpc) is 3.21. The van der Waals surface area contributed by atoms with Crippen LogP contribution in [0, 0.1) is 11.6 Å². The van der Waals surface area contributed by atoms with Gasteiger partial charge in [0.05, 0.1) is 4.88 Å². The van der Waals surface area contributed by atoms with Crippen LogP contribution in [0.4, 0.5) is 14.5 Å². The second kappa shape index (κ2) is 9.57. The first kappa shape index (κ1) is 20.2. The fourth-order valence-corrected chi connectivity index (χ4v) is 3.95. The zero-order chi connectivity index (χ0) is 19.9. The van der Waals surface area contributed by atoms with E-state index in [1.54, 1.807) is 11.3 Å². The minimum Gasteiger partial charge on any atom is -0.328 e. The van der Waals surface area contributed by atoms with Gasteiger partial charge in [0.2, 0.25) is 0 Å². The molecule has 28 heavy (non-hydrogen) atoms. The van der Waals surface area contributed by atoms with Crippen LogP contribution in [0.2, 0.25) is 0 Å². The van der Waals surface area contributed by atoms with Crippen LogP contribution in [0.15, 0.2) is 60.0 Å². The van der Waals surface area contributed by atoms with Gasteiger partial charge in [0, 0.05) is 5.56 Å². The maximum Gasteiger partial charge on any atom is 0.279 e. The molecule has 3 N–H and O–H groups in total. The molecule has 0 fully saturated rings. The highest BCUT2D eigenvalue weighted by atomic mass is 32.1. The molecule has 0 aliphatic carbocycles. The van der Waals surface area contributed by atoms with E-state index in [0.29, 0.717) is 0 Å². The van der Waals surface area contributed by atoms with Gasteiger partial charge in [0.25, 0.3) is 5.91 Å². The molecule has 0 saturated heterocycles. The van der Waals surface area contributed by atoms with Gasteiger partial charge in [0.15, 0.2) is 6.54 Å². The van der Waals surface area contributed by atoms with Gasteiger partial charge in [-0.1, -0.05) is 49.7 Å². The number of thiophene rings is 1. The summed E-state index contributed by atoms with van der Waals surface area (Å²) >= 11 is 1.62. The SMILES string of the molecule is CCCc1ccc([C@@H]([NH2+]CC(=O)Nc2c(F)cccc2F)c2cccs2)cc1. The minimum absolute atomic E-state index is 0.0487. The summed E-state index contributed by atoms with van der Waals surface area (Å²) in [6.45, 7) is 2.19. The molecule has 3 aromatic rings. The first-order valence-electron chi connectivity index (χ1n) is 9.28. The Morgan fingerprint density at radius 1 is 1.07 bits per heavy atom. The van der Waals surface area contributed by atoms with Gasteiger partial charge in [-0.05, 0) is 35.6 Å². The molecule has 0 bridgehead atoms. The first-order valence-corrected chi connectivity index (χ1v) is 10.2. The lowest BCUT2D eigenvalue weighted by Crippen LogP contribution is -2.87. The summed E-state index contributed by atoms with van der Waals surface area (Å²) in [5, 5.41) is 6.22. The van der Waals surface area contributed by atoms with Crippen LogP contribution in [0.3, 0.4) is 0 Å². The zero-order valence-electron chi connectivity index (χ0n) is 15.6. The normalized spacial score (nSPS) is 12.0. The topological polar surface area (TPSA) is 45.7 Å². The summed E-state index contributed by atoms with van der Waals surface area (Å²) in [6.07, 6.45) is 2.12. The monoisotopic (exact) mass is 401 g/mol.